The summed E-state index contributed by atoms with van der Waals surface area (Å²) in [5.74, 6) is -0.203. The molecule has 3 rings (SSSR count). The Labute approximate surface area is 138 Å². The highest BCUT2D eigenvalue weighted by Crippen LogP contribution is 2.20. The van der Waals surface area contributed by atoms with E-state index in [0.29, 0.717) is 17.7 Å². The molecular formula is C18H15N3O3. The number of hydrogen-bond acceptors (Lipinski definition) is 4. The highest BCUT2D eigenvalue weighted by molar-refractivity contribution is 5.93. The summed E-state index contributed by atoms with van der Waals surface area (Å²) in [7, 11) is 0. The maximum atomic E-state index is 12.1. The van der Waals surface area contributed by atoms with E-state index in [1.165, 1.54) is 6.07 Å². The molecule has 120 valence electrons. The summed E-state index contributed by atoms with van der Waals surface area (Å²) in [6.45, 7) is 0. The molecule has 3 aromatic rings. The van der Waals surface area contributed by atoms with Crippen molar-refractivity contribution in [1.82, 2.24) is 4.98 Å². The van der Waals surface area contributed by atoms with Gasteiger partial charge in [-0.2, -0.15) is 0 Å². The van der Waals surface area contributed by atoms with Crippen LogP contribution in [0, 0.1) is 10.1 Å². The molecule has 0 saturated heterocycles. The van der Waals surface area contributed by atoms with Gasteiger partial charge in [0.05, 0.1) is 22.3 Å². The van der Waals surface area contributed by atoms with Crippen LogP contribution in [0.25, 0.3) is 10.9 Å². The molecule has 2 aromatic carbocycles. The van der Waals surface area contributed by atoms with Crippen molar-refractivity contribution in [3.63, 3.8) is 0 Å². The molecule has 1 N–H and O–H groups in total. The smallest absolute Gasteiger partial charge is 0.272 e. The second-order valence-electron chi connectivity index (χ2n) is 5.35. The summed E-state index contributed by atoms with van der Waals surface area (Å²) >= 11 is 0. The Kier molecular flexibility index (Phi) is 4.47. The van der Waals surface area contributed by atoms with E-state index in [1.807, 2.05) is 30.3 Å². The van der Waals surface area contributed by atoms with E-state index < -0.39 is 4.92 Å². The molecule has 0 aliphatic heterocycles. The number of nitrogens with one attached hydrogen (secondary N) is 1. The molecular weight excluding hydrogens is 306 g/mol. The Morgan fingerprint density at radius 2 is 1.88 bits per heavy atom. The van der Waals surface area contributed by atoms with Crippen LogP contribution >= 0.6 is 0 Å². The molecule has 1 aromatic heterocycles. The number of aryl methyl sites for hydroxylation is 1. The Balaban J connectivity index is 1.66. The second kappa shape index (κ2) is 6.87. The number of carbonyl (C=O) groups is 1. The van der Waals surface area contributed by atoms with Gasteiger partial charge in [-0.05, 0) is 18.6 Å². The molecule has 6 heteroatoms. The standard InChI is InChI=1S/C18H15N3O3/c22-18(10-9-13-5-2-4-8-17(13)21(23)24)20-15-11-14-6-1-3-7-16(14)19-12-15/h1-8,11-12H,9-10H2,(H,20,22). The summed E-state index contributed by atoms with van der Waals surface area (Å²) in [4.78, 5) is 26.9. The van der Waals surface area contributed by atoms with Gasteiger partial charge in [-0.3, -0.25) is 19.9 Å². The Morgan fingerprint density at radius 1 is 1.12 bits per heavy atom. The fourth-order valence-electron chi connectivity index (χ4n) is 2.51. The number of fused-ring (bicyclic) bond motifs is 1. The number of para-hydroxylation sites is 2. The quantitative estimate of drug-likeness (QED) is 0.573. The minimum absolute atomic E-state index is 0.0395. The summed E-state index contributed by atoms with van der Waals surface area (Å²) in [6.07, 6.45) is 2.08. The van der Waals surface area contributed by atoms with Gasteiger partial charge in [0.15, 0.2) is 0 Å². The van der Waals surface area contributed by atoms with Gasteiger partial charge in [-0.1, -0.05) is 36.4 Å². The summed E-state index contributed by atoms with van der Waals surface area (Å²) < 4.78 is 0. The van der Waals surface area contributed by atoms with Crippen LogP contribution < -0.4 is 5.32 Å². The number of carbonyl (C=O) groups excluding carboxylic acids is 1. The van der Waals surface area contributed by atoms with E-state index in [2.05, 4.69) is 10.3 Å². The first-order chi connectivity index (χ1) is 11.6. The van der Waals surface area contributed by atoms with Gasteiger partial charge < -0.3 is 5.32 Å². The molecule has 0 bridgehead atoms. The van der Waals surface area contributed by atoms with Crippen molar-refractivity contribution < 1.29 is 9.72 Å². The van der Waals surface area contributed by atoms with E-state index in [1.54, 1.807) is 24.4 Å². The Bertz CT molecular complexity index is 909. The molecule has 0 atom stereocenters. The summed E-state index contributed by atoms with van der Waals surface area (Å²) in [5.41, 5.74) is 2.06. The van der Waals surface area contributed by atoms with Crippen molar-refractivity contribution in [2.45, 2.75) is 12.8 Å². The molecule has 0 radical (unpaired) electrons. The van der Waals surface area contributed by atoms with Crippen LogP contribution in [0.1, 0.15) is 12.0 Å². The van der Waals surface area contributed by atoms with Crippen molar-refractivity contribution in [3.05, 3.63) is 76.5 Å². The van der Waals surface area contributed by atoms with Crippen molar-refractivity contribution in [2.75, 3.05) is 5.32 Å². The van der Waals surface area contributed by atoms with Crippen LogP contribution in [0.3, 0.4) is 0 Å². The molecule has 0 spiro atoms. The normalized spacial score (nSPS) is 10.5. The van der Waals surface area contributed by atoms with Crippen LogP contribution in [0.2, 0.25) is 0 Å². The predicted octanol–water partition coefficient (Wildman–Crippen LogP) is 3.71. The zero-order valence-corrected chi connectivity index (χ0v) is 12.8. The largest absolute Gasteiger partial charge is 0.325 e. The lowest BCUT2D eigenvalue weighted by atomic mass is 10.1. The zero-order valence-electron chi connectivity index (χ0n) is 12.8. The number of aromatic nitrogens is 1. The topological polar surface area (TPSA) is 85.1 Å². The summed E-state index contributed by atoms with van der Waals surface area (Å²) in [5, 5.41) is 14.7. The number of rotatable bonds is 5. The second-order valence-corrected chi connectivity index (χ2v) is 5.35. The number of benzene rings is 2. The average Bonchev–Trinajstić information content (AvgIpc) is 2.60. The first kappa shape index (κ1) is 15.6. The third-order valence-corrected chi connectivity index (χ3v) is 3.68. The van der Waals surface area contributed by atoms with Crippen LogP contribution in [0.15, 0.2) is 60.8 Å². The van der Waals surface area contributed by atoms with Crippen molar-refractivity contribution in [2.24, 2.45) is 0 Å². The molecule has 0 fully saturated rings. The van der Waals surface area contributed by atoms with E-state index in [4.69, 9.17) is 0 Å². The number of pyridine rings is 1. The third-order valence-electron chi connectivity index (χ3n) is 3.68. The molecule has 24 heavy (non-hydrogen) atoms. The van der Waals surface area contributed by atoms with E-state index >= 15 is 0 Å². The lowest BCUT2D eigenvalue weighted by molar-refractivity contribution is -0.385. The lowest BCUT2D eigenvalue weighted by Gasteiger charge is -2.06. The van der Waals surface area contributed by atoms with Crippen molar-refractivity contribution >= 4 is 28.2 Å². The van der Waals surface area contributed by atoms with Gasteiger partial charge in [0.2, 0.25) is 5.91 Å². The third kappa shape index (κ3) is 3.55. The first-order valence-electron chi connectivity index (χ1n) is 7.50. The maximum absolute atomic E-state index is 12.1. The molecule has 1 amide bonds. The number of amides is 1. The fourth-order valence-corrected chi connectivity index (χ4v) is 2.51. The number of hydrogen-bond donors (Lipinski definition) is 1. The van der Waals surface area contributed by atoms with Crippen molar-refractivity contribution in [1.29, 1.82) is 0 Å². The minimum Gasteiger partial charge on any atom is -0.325 e. The van der Waals surface area contributed by atoms with Gasteiger partial charge in [0, 0.05) is 23.4 Å². The Hall–Kier alpha value is -3.28. The lowest BCUT2D eigenvalue weighted by Crippen LogP contribution is -2.13. The monoisotopic (exact) mass is 321 g/mol. The van der Waals surface area contributed by atoms with E-state index in [-0.39, 0.29) is 18.0 Å². The average molecular weight is 321 g/mol. The molecule has 1 heterocycles. The molecule has 6 nitrogen and oxygen atoms in total. The van der Waals surface area contributed by atoms with Crippen LogP contribution in [0.4, 0.5) is 11.4 Å². The van der Waals surface area contributed by atoms with Crippen LogP contribution in [-0.2, 0) is 11.2 Å². The maximum Gasteiger partial charge on any atom is 0.272 e. The number of nitro groups is 1. The van der Waals surface area contributed by atoms with Gasteiger partial charge in [0.1, 0.15) is 0 Å². The highest BCUT2D eigenvalue weighted by Gasteiger charge is 2.13. The summed E-state index contributed by atoms with van der Waals surface area (Å²) in [6, 6.07) is 15.9. The first-order valence-corrected chi connectivity index (χ1v) is 7.50. The zero-order chi connectivity index (χ0) is 16.9. The van der Waals surface area contributed by atoms with Crippen molar-refractivity contribution in [3.8, 4) is 0 Å². The number of anilines is 1. The van der Waals surface area contributed by atoms with Crippen LogP contribution in [-0.4, -0.2) is 15.8 Å². The van der Waals surface area contributed by atoms with Crippen LogP contribution in [0.5, 0.6) is 0 Å². The van der Waals surface area contributed by atoms with Gasteiger partial charge >= 0.3 is 0 Å². The molecule has 0 aliphatic rings. The number of nitrogens with zero attached hydrogens (tertiary/aromatic N) is 2. The Morgan fingerprint density at radius 3 is 2.71 bits per heavy atom. The fraction of sp³-hybridized carbons (Fsp3) is 0.111. The number of nitro benzene ring substituents is 1. The molecule has 0 saturated carbocycles. The van der Waals surface area contributed by atoms with Gasteiger partial charge in [-0.15, -0.1) is 0 Å². The van der Waals surface area contributed by atoms with Gasteiger partial charge in [0.25, 0.3) is 5.69 Å². The van der Waals surface area contributed by atoms with E-state index in [9.17, 15) is 14.9 Å². The molecule has 0 aliphatic carbocycles. The van der Waals surface area contributed by atoms with Gasteiger partial charge in [-0.25, -0.2) is 0 Å². The predicted molar refractivity (Wildman–Crippen MR) is 91.8 cm³/mol. The van der Waals surface area contributed by atoms with E-state index in [0.717, 1.165) is 10.9 Å². The minimum atomic E-state index is -0.430. The SMILES string of the molecule is O=C(CCc1ccccc1[N+](=O)[O-])Nc1cnc2ccccc2c1. The highest BCUT2D eigenvalue weighted by atomic mass is 16.6. The molecule has 0 unspecified atom stereocenters.